The SMILES string of the molecule is CCC1(Cc2ccc(C)c(C)c2)CCC(=O)N1. The van der Waals surface area contributed by atoms with Gasteiger partial charge >= 0.3 is 0 Å². The molecule has 1 heterocycles. The minimum atomic E-state index is -0.00121. The highest BCUT2D eigenvalue weighted by Crippen LogP contribution is 2.28. The van der Waals surface area contributed by atoms with Crippen LogP contribution in [0.25, 0.3) is 0 Å². The molecule has 0 spiro atoms. The van der Waals surface area contributed by atoms with Crippen molar-refractivity contribution < 1.29 is 4.79 Å². The smallest absolute Gasteiger partial charge is 0.220 e. The van der Waals surface area contributed by atoms with E-state index in [0.29, 0.717) is 6.42 Å². The normalized spacial score (nSPS) is 23.8. The molecule has 0 saturated carbocycles. The highest BCUT2D eigenvalue weighted by Gasteiger charge is 2.35. The molecule has 1 unspecified atom stereocenters. The number of hydrogen-bond donors (Lipinski definition) is 1. The maximum Gasteiger partial charge on any atom is 0.220 e. The molecule has 1 saturated heterocycles. The zero-order valence-corrected chi connectivity index (χ0v) is 11.0. The van der Waals surface area contributed by atoms with Crippen LogP contribution in [-0.2, 0) is 11.2 Å². The van der Waals surface area contributed by atoms with E-state index in [1.807, 2.05) is 0 Å². The standard InChI is InChI=1S/C15H21NO/c1-4-15(8-7-14(17)16-15)10-13-6-5-11(2)12(3)9-13/h5-6,9H,4,7-8,10H2,1-3H3,(H,16,17). The number of aryl methyl sites for hydroxylation is 2. The summed E-state index contributed by atoms with van der Waals surface area (Å²) in [5.74, 6) is 0.204. The van der Waals surface area contributed by atoms with Crippen molar-refractivity contribution in [1.82, 2.24) is 5.32 Å². The van der Waals surface area contributed by atoms with Crippen LogP contribution in [0.5, 0.6) is 0 Å². The van der Waals surface area contributed by atoms with Gasteiger partial charge in [-0.05, 0) is 49.8 Å². The molecule has 1 atom stereocenters. The van der Waals surface area contributed by atoms with Crippen LogP contribution in [0.15, 0.2) is 18.2 Å². The van der Waals surface area contributed by atoms with Gasteiger partial charge in [-0.3, -0.25) is 4.79 Å². The second-order valence-electron chi connectivity index (χ2n) is 5.28. The van der Waals surface area contributed by atoms with Crippen LogP contribution in [0.3, 0.4) is 0 Å². The molecular weight excluding hydrogens is 210 g/mol. The van der Waals surface area contributed by atoms with Gasteiger partial charge in [0.15, 0.2) is 0 Å². The number of hydrogen-bond acceptors (Lipinski definition) is 1. The van der Waals surface area contributed by atoms with Gasteiger partial charge in [-0.25, -0.2) is 0 Å². The topological polar surface area (TPSA) is 29.1 Å². The van der Waals surface area contributed by atoms with Crippen LogP contribution in [0.1, 0.15) is 42.9 Å². The van der Waals surface area contributed by atoms with E-state index in [-0.39, 0.29) is 11.4 Å². The highest BCUT2D eigenvalue weighted by molar-refractivity contribution is 5.79. The van der Waals surface area contributed by atoms with Crippen LogP contribution in [-0.4, -0.2) is 11.4 Å². The number of nitrogens with one attached hydrogen (secondary N) is 1. The van der Waals surface area contributed by atoms with Crippen molar-refractivity contribution in [3.8, 4) is 0 Å². The maximum atomic E-state index is 11.4. The Hall–Kier alpha value is -1.31. The summed E-state index contributed by atoms with van der Waals surface area (Å²) in [6.07, 6.45) is 3.61. The third kappa shape index (κ3) is 2.51. The maximum absolute atomic E-state index is 11.4. The van der Waals surface area contributed by atoms with Crippen molar-refractivity contribution in [3.05, 3.63) is 34.9 Å². The molecule has 0 bridgehead atoms. The van der Waals surface area contributed by atoms with Gasteiger partial charge in [0, 0.05) is 12.0 Å². The molecule has 1 aliphatic rings. The van der Waals surface area contributed by atoms with Crippen LogP contribution >= 0.6 is 0 Å². The summed E-state index contributed by atoms with van der Waals surface area (Å²) in [5, 5.41) is 3.16. The van der Waals surface area contributed by atoms with E-state index >= 15 is 0 Å². The summed E-state index contributed by atoms with van der Waals surface area (Å²) in [4.78, 5) is 11.4. The Morgan fingerprint density at radius 3 is 2.59 bits per heavy atom. The molecule has 0 aliphatic carbocycles. The summed E-state index contributed by atoms with van der Waals surface area (Å²) in [7, 11) is 0. The lowest BCUT2D eigenvalue weighted by Crippen LogP contribution is -2.42. The quantitative estimate of drug-likeness (QED) is 0.851. The van der Waals surface area contributed by atoms with Crippen LogP contribution in [0, 0.1) is 13.8 Å². The zero-order chi connectivity index (χ0) is 12.5. The molecule has 1 aromatic carbocycles. The average molecular weight is 231 g/mol. The number of carbonyl (C=O) groups is 1. The van der Waals surface area contributed by atoms with Crippen molar-refractivity contribution >= 4 is 5.91 Å². The largest absolute Gasteiger partial charge is 0.350 e. The first-order valence-electron chi connectivity index (χ1n) is 6.42. The molecule has 1 N–H and O–H groups in total. The Balaban J connectivity index is 2.18. The predicted octanol–water partition coefficient (Wildman–Crippen LogP) is 2.90. The summed E-state index contributed by atoms with van der Waals surface area (Å²) in [6, 6.07) is 6.60. The Labute approximate surface area is 103 Å². The Kier molecular flexibility index (Phi) is 3.23. The monoisotopic (exact) mass is 231 g/mol. The molecule has 2 nitrogen and oxygen atoms in total. The Morgan fingerprint density at radius 2 is 2.06 bits per heavy atom. The fourth-order valence-electron chi connectivity index (χ4n) is 2.60. The van der Waals surface area contributed by atoms with Gasteiger partial charge in [-0.2, -0.15) is 0 Å². The molecule has 1 aromatic rings. The molecule has 0 aromatic heterocycles. The number of carbonyl (C=O) groups excluding carboxylic acids is 1. The first kappa shape index (κ1) is 12.2. The summed E-state index contributed by atoms with van der Waals surface area (Å²) in [5.41, 5.74) is 3.99. The lowest BCUT2D eigenvalue weighted by atomic mass is 9.86. The van der Waals surface area contributed by atoms with Crippen molar-refractivity contribution in [1.29, 1.82) is 0 Å². The van der Waals surface area contributed by atoms with Gasteiger partial charge in [-0.15, -0.1) is 0 Å². The number of amides is 1. The highest BCUT2D eigenvalue weighted by atomic mass is 16.2. The van der Waals surface area contributed by atoms with Crippen molar-refractivity contribution in [2.45, 2.75) is 52.0 Å². The fraction of sp³-hybridized carbons (Fsp3) is 0.533. The minimum Gasteiger partial charge on any atom is -0.350 e. The van der Waals surface area contributed by atoms with Gasteiger partial charge in [0.25, 0.3) is 0 Å². The first-order chi connectivity index (χ1) is 8.04. The molecular formula is C15H21NO. The van der Waals surface area contributed by atoms with Crippen molar-refractivity contribution in [2.24, 2.45) is 0 Å². The predicted molar refractivity (Wildman–Crippen MR) is 70.0 cm³/mol. The van der Waals surface area contributed by atoms with Crippen LogP contribution in [0.2, 0.25) is 0 Å². The zero-order valence-electron chi connectivity index (χ0n) is 11.0. The molecule has 92 valence electrons. The van der Waals surface area contributed by atoms with Crippen LogP contribution in [0.4, 0.5) is 0 Å². The first-order valence-corrected chi connectivity index (χ1v) is 6.42. The van der Waals surface area contributed by atoms with E-state index in [1.165, 1.54) is 16.7 Å². The van der Waals surface area contributed by atoms with Gasteiger partial charge < -0.3 is 5.32 Å². The average Bonchev–Trinajstić information content (AvgIpc) is 2.66. The number of rotatable bonds is 3. The minimum absolute atomic E-state index is 0.00121. The lowest BCUT2D eigenvalue weighted by molar-refractivity contribution is -0.119. The fourth-order valence-corrected chi connectivity index (χ4v) is 2.60. The lowest BCUT2D eigenvalue weighted by Gasteiger charge is -2.28. The van der Waals surface area contributed by atoms with Gasteiger partial charge in [0.1, 0.15) is 0 Å². The van der Waals surface area contributed by atoms with E-state index in [1.54, 1.807) is 0 Å². The molecule has 17 heavy (non-hydrogen) atoms. The molecule has 1 amide bonds. The van der Waals surface area contributed by atoms with Gasteiger partial charge in [0.2, 0.25) is 5.91 Å². The van der Waals surface area contributed by atoms with Crippen molar-refractivity contribution in [2.75, 3.05) is 0 Å². The Bertz CT molecular complexity index is 439. The van der Waals surface area contributed by atoms with E-state index in [9.17, 15) is 4.79 Å². The summed E-state index contributed by atoms with van der Waals surface area (Å²) < 4.78 is 0. The molecule has 2 heteroatoms. The summed E-state index contributed by atoms with van der Waals surface area (Å²) in [6.45, 7) is 6.43. The Morgan fingerprint density at radius 1 is 1.29 bits per heavy atom. The number of benzene rings is 1. The second kappa shape index (κ2) is 4.52. The molecule has 1 aliphatic heterocycles. The van der Waals surface area contributed by atoms with E-state index in [4.69, 9.17) is 0 Å². The van der Waals surface area contributed by atoms with E-state index in [0.717, 1.165) is 19.3 Å². The molecule has 0 radical (unpaired) electrons. The molecule has 2 rings (SSSR count). The van der Waals surface area contributed by atoms with Gasteiger partial charge in [-0.1, -0.05) is 25.1 Å². The van der Waals surface area contributed by atoms with Crippen molar-refractivity contribution in [3.63, 3.8) is 0 Å². The summed E-state index contributed by atoms with van der Waals surface area (Å²) >= 11 is 0. The third-order valence-corrected chi connectivity index (χ3v) is 4.03. The van der Waals surface area contributed by atoms with Crippen LogP contribution < -0.4 is 5.32 Å². The molecule has 1 fully saturated rings. The third-order valence-electron chi connectivity index (χ3n) is 4.03. The van der Waals surface area contributed by atoms with Gasteiger partial charge in [0.05, 0.1) is 0 Å². The second-order valence-corrected chi connectivity index (χ2v) is 5.28. The van der Waals surface area contributed by atoms with E-state index < -0.39 is 0 Å². The van der Waals surface area contributed by atoms with E-state index in [2.05, 4.69) is 44.3 Å².